The third kappa shape index (κ3) is 5.62. The highest BCUT2D eigenvalue weighted by Gasteiger charge is 2.08. The first-order chi connectivity index (χ1) is 11.0. The second-order valence-corrected chi connectivity index (χ2v) is 5.31. The first-order valence-electron chi connectivity index (χ1n) is 7.44. The SMILES string of the molecule is CC(C)Oc1ccc(CNC(=O)COc2ccccc2)cc1F. The highest BCUT2D eigenvalue weighted by atomic mass is 19.1. The van der Waals surface area contributed by atoms with Gasteiger partial charge in [-0.1, -0.05) is 24.3 Å². The molecule has 1 N–H and O–H groups in total. The lowest BCUT2D eigenvalue weighted by Crippen LogP contribution is -2.28. The monoisotopic (exact) mass is 317 g/mol. The second-order valence-electron chi connectivity index (χ2n) is 5.31. The Hall–Kier alpha value is -2.56. The van der Waals surface area contributed by atoms with Crippen LogP contribution in [0.4, 0.5) is 4.39 Å². The summed E-state index contributed by atoms with van der Waals surface area (Å²) in [5.41, 5.74) is 0.659. The number of hydrogen-bond acceptors (Lipinski definition) is 3. The van der Waals surface area contributed by atoms with Crippen molar-refractivity contribution in [2.24, 2.45) is 0 Å². The van der Waals surface area contributed by atoms with Gasteiger partial charge in [-0.25, -0.2) is 4.39 Å². The minimum atomic E-state index is -0.439. The fourth-order valence-corrected chi connectivity index (χ4v) is 1.92. The van der Waals surface area contributed by atoms with Crippen LogP contribution in [-0.4, -0.2) is 18.6 Å². The Morgan fingerprint density at radius 1 is 1.17 bits per heavy atom. The van der Waals surface area contributed by atoms with Gasteiger partial charge in [0, 0.05) is 6.54 Å². The van der Waals surface area contributed by atoms with Gasteiger partial charge in [-0.05, 0) is 43.7 Å². The fraction of sp³-hybridized carbons (Fsp3) is 0.278. The molecule has 0 atom stereocenters. The molecule has 0 fully saturated rings. The van der Waals surface area contributed by atoms with Crippen LogP contribution in [0.15, 0.2) is 48.5 Å². The molecule has 5 heteroatoms. The van der Waals surface area contributed by atoms with Crippen LogP contribution in [0.2, 0.25) is 0 Å². The second kappa shape index (κ2) is 8.17. The predicted octanol–water partition coefficient (Wildman–Crippen LogP) is 3.31. The van der Waals surface area contributed by atoms with Crippen LogP contribution in [0.1, 0.15) is 19.4 Å². The van der Waals surface area contributed by atoms with Gasteiger partial charge in [0.05, 0.1) is 6.10 Å². The number of amides is 1. The van der Waals surface area contributed by atoms with Gasteiger partial charge in [0.25, 0.3) is 5.91 Å². The van der Waals surface area contributed by atoms with E-state index < -0.39 is 5.82 Å². The Balaban J connectivity index is 1.81. The standard InChI is InChI=1S/C18H20FNO3/c1-13(2)23-17-9-8-14(10-16(17)19)11-20-18(21)12-22-15-6-4-3-5-7-15/h3-10,13H,11-12H2,1-2H3,(H,20,21). The number of benzene rings is 2. The molecule has 0 bridgehead atoms. The van der Waals surface area contributed by atoms with E-state index in [2.05, 4.69) is 5.32 Å². The van der Waals surface area contributed by atoms with Gasteiger partial charge >= 0.3 is 0 Å². The molecule has 2 aromatic rings. The lowest BCUT2D eigenvalue weighted by atomic mass is 10.2. The molecular formula is C18H20FNO3. The molecule has 4 nitrogen and oxygen atoms in total. The number of halogens is 1. The first-order valence-corrected chi connectivity index (χ1v) is 7.44. The Kier molecular flexibility index (Phi) is 5.97. The maximum atomic E-state index is 13.8. The van der Waals surface area contributed by atoms with Gasteiger partial charge in [-0.3, -0.25) is 4.79 Å². The predicted molar refractivity (Wildman–Crippen MR) is 85.9 cm³/mol. The Labute approximate surface area is 135 Å². The van der Waals surface area contributed by atoms with Crippen molar-refractivity contribution < 1.29 is 18.7 Å². The van der Waals surface area contributed by atoms with Crippen molar-refractivity contribution in [3.63, 3.8) is 0 Å². The number of carbonyl (C=O) groups is 1. The molecule has 0 saturated heterocycles. The number of rotatable bonds is 7. The number of carbonyl (C=O) groups excluding carboxylic acids is 1. The third-order valence-electron chi connectivity index (χ3n) is 2.96. The summed E-state index contributed by atoms with van der Waals surface area (Å²) in [7, 11) is 0. The lowest BCUT2D eigenvalue weighted by molar-refractivity contribution is -0.123. The number of hydrogen-bond donors (Lipinski definition) is 1. The van der Waals surface area contributed by atoms with E-state index in [1.54, 1.807) is 24.3 Å². The third-order valence-corrected chi connectivity index (χ3v) is 2.96. The highest BCUT2D eigenvalue weighted by molar-refractivity contribution is 5.77. The van der Waals surface area contributed by atoms with Gasteiger partial charge in [-0.15, -0.1) is 0 Å². The summed E-state index contributed by atoms with van der Waals surface area (Å²) < 4.78 is 24.5. The smallest absolute Gasteiger partial charge is 0.258 e. The molecule has 2 aromatic carbocycles. The van der Waals surface area contributed by atoms with E-state index in [9.17, 15) is 9.18 Å². The summed E-state index contributed by atoms with van der Waals surface area (Å²) >= 11 is 0. The van der Waals surface area contributed by atoms with E-state index in [0.29, 0.717) is 11.3 Å². The van der Waals surface area contributed by atoms with Crippen LogP contribution in [0, 0.1) is 5.82 Å². The largest absolute Gasteiger partial charge is 0.488 e. The van der Waals surface area contributed by atoms with Crippen LogP contribution in [0.25, 0.3) is 0 Å². The van der Waals surface area contributed by atoms with Crippen molar-refractivity contribution in [2.75, 3.05) is 6.61 Å². The van der Waals surface area contributed by atoms with E-state index in [1.165, 1.54) is 6.07 Å². The van der Waals surface area contributed by atoms with E-state index in [4.69, 9.17) is 9.47 Å². The summed E-state index contributed by atoms with van der Waals surface area (Å²) in [5, 5.41) is 2.69. The van der Waals surface area contributed by atoms with Crippen LogP contribution >= 0.6 is 0 Å². The Morgan fingerprint density at radius 2 is 1.91 bits per heavy atom. The molecule has 0 aromatic heterocycles. The zero-order valence-electron chi connectivity index (χ0n) is 13.2. The minimum Gasteiger partial charge on any atom is -0.488 e. The topological polar surface area (TPSA) is 47.6 Å². The van der Waals surface area contributed by atoms with Gasteiger partial charge < -0.3 is 14.8 Å². The van der Waals surface area contributed by atoms with Crippen molar-refractivity contribution in [3.05, 3.63) is 59.9 Å². The van der Waals surface area contributed by atoms with Crippen LogP contribution < -0.4 is 14.8 Å². The molecule has 0 aliphatic rings. The van der Waals surface area contributed by atoms with Gasteiger partial charge in [0.15, 0.2) is 18.2 Å². The first kappa shape index (κ1) is 16.8. The van der Waals surface area contributed by atoms with Crippen molar-refractivity contribution in [2.45, 2.75) is 26.5 Å². The number of nitrogens with one attached hydrogen (secondary N) is 1. The maximum Gasteiger partial charge on any atom is 0.258 e. The average Bonchev–Trinajstić information content (AvgIpc) is 2.54. The number of ether oxygens (including phenoxy) is 2. The van der Waals surface area contributed by atoms with Crippen molar-refractivity contribution in [1.29, 1.82) is 0 Å². The zero-order chi connectivity index (χ0) is 16.7. The molecule has 0 spiro atoms. The average molecular weight is 317 g/mol. The summed E-state index contributed by atoms with van der Waals surface area (Å²) in [6.07, 6.45) is -0.0924. The van der Waals surface area contributed by atoms with E-state index in [-0.39, 0.29) is 30.9 Å². The summed E-state index contributed by atoms with van der Waals surface area (Å²) in [6.45, 7) is 3.82. The molecule has 122 valence electrons. The molecule has 0 aliphatic heterocycles. The normalized spacial score (nSPS) is 10.4. The van der Waals surface area contributed by atoms with Crippen LogP contribution in [-0.2, 0) is 11.3 Å². The summed E-state index contributed by atoms with van der Waals surface area (Å²) in [5.74, 6) is 0.133. The van der Waals surface area contributed by atoms with E-state index in [0.717, 1.165) is 0 Å². The van der Waals surface area contributed by atoms with Crippen LogP contribution in [0.5, 0.6) is 11.5 Å². The summed E-state index contributed by atoms with van der Waals surface area (Å²) in [6, 6.07) is 13.7. The fourth-order valence-electron chi connectivity index (χ4n) is 1.92. The molecule has 0 unspecified atom stereocenters. The van der Waals surface area contributed by atoms with E-state index in [1.807, 2.05) is 32.0 Å². The van der Waals surface area contributed by atoms with Crippen molar-refractivity contribution >= 4 is 5.91 Å². The number of para-hydroxylation sites is 1. The molecule has 0 aliphatic carbocycles. The van der Waals surface area contributed by atoms with E-state index >= 15 is 0 Å². The molecule has 2 rings (SSSR count). The highest BCUT2D eigenvalue weighted by Crippen LogP contribution is 2.19. The maximum absolute atomic E-state index is 13.8. The molecular weight excluding hydrogens is 297 g/mol. The minimum absolute atomic E-state index is 0.0823. The van der Waals surface area contributed by atoms with Gasteiger partial charge in [0.2, 0.25) is 0 Å². The van der Waals surface area contributed by atoms with Gasteiger partial charge in [-0.2, -0.15) is 0 Å². The van der Waals surface area contributed by atoms with Crippen molar-refractivity contribution in [1.82, 2.24) is 5.32 Å². The summed E-state index contributed by atoms with van der Waals surface area (Å²) in [4.78, 5) is 11.7. The van der Waals surface area contributed by atoms with Gasteiger partial charge in [0.1, 0.15) is 5.75 Å². The molecule has 23 heavy (non-hydrogen) atoms. The molecule has 1 amide bonds. The zero-order valence-corrected chi connectivity index (χ0v) is 13.2. The van der Waals surface area contributed by atoms with Crippen LogP contribution in [0.3, 0.4) is 0 Å². The lowest BCUT2D eigenvalue weighted by Gasteiger charge is -2.12. The quantitative estimate of drug-likeness (QED) is 0.852. The van der Waals surface area contributed by atoms with Crippen molar-refractivity contribution in [3.8, 4) is 11.5 Å². The Morgan fingerprint density at radius 3 is 2.57 bits per heavy atom. The Bertz CT molecular complexity index is 644. The molecule has 0 saturated carbocycles. The molecule has 0 radical (unpaired) electrons. The molecule has 0 heterocycles.